The highest BCUT2D eigenvalue weighted by Gasteiger charge is 2.31. The van der Waals surface area contributed by atoms with Gasteiger partial charge >= 0.3 is 6.18 Å². The highest BCUT2D eigenvalue weighted by Crippen LogP contribution is 2.34. The molecule has 0 spiro atoms. The molecule has 0 fully saturated rings. The first-order chi connectivity index (χ1) is 11.6. The van der Waals surface area contributed by atoms with E-state index in [1.54, 1.807) is 23.2 Å². The zero-order valence-corrected chi connectivity index (χ0v) is 15.3. The number of carbonyl (C=O) groups is 1. The van der Waals surface area contributed by atoms with Crippen molar-refractivity contribution < 1.29 is 18.0 Å². The molecule has 4 nitrogen and oxygen atoms in total. The predicted molar refractivity (Wildman–Crippen MR) is 92.6 cm³/mol. The molecule has 25 heavy (non-hydrogen) atoms. The van der Waals surface area contributed by atoms with Crippen LogP contribution in [0.25, 0.3) is 0 Å². The molecule has 0 radical (unpaired) electrons. The minimum atomic E-state index is -4.47. The molecule has 2 rings (SSSR count). The lowest BCUT2D eigenvalue weighted by Crippen LogP contribution is -2.35. The van der Waals surface area contributed by atoms with Gasteiger partial charge in [0.15, 0.2) is 4.80 Å². The van der Waals surface area contributed by atoms with E-state index in [-0.39, 0.29) is 16.6 Å². The van der Waals surface area contributed by atoms with E-state index in [0.717, 1.165) is 12.1 Å². The molecule has 1 aromatic carbocycles. The number of aromatic nitrogens is 1. The number of carbonyl (C=O) groups excluding carboxylic acids is 1. The van der Waals surface area contributed by atoms with E-state index >= 15 is 0 Å². The van der Waals surface area contributed by atoms with Crippen molar-refractivity contribution in [3.05, 3.63) is 45.2 Å². The van der Waals surface area contributed by atoms with Gasteiger partial charge in [-0.3, -0.25) is 4.79 Å². The number of amides is 1. The largest absolute Gasteiger partial charge is 0.416 e. The lowest BCUT2D eigenvalue weighted by Gasteiger charge is -2.21. The summed E-state index contributed by atoms with van der Waals surface area (Å²) in [5.74, 6) is -0.552. The van der Waals surface area contributed by atoms with Crippen LogP contribution in [0.15, 0.2) is 34.8 Å². The van der Waals surface area contributed by atoms with Gasteiger partial charge in [0.05, 0.1) is 16.3 Å². The quantitative estimate of drug-likeness (QED) is 0.843. The van der Waals surface area contributed by atoms with Gasteiger partial charge in [-0.15, -0.1) is 11.3 Å². The second-order valence-electron chi connectivity index (χ2n) is 5.80. The lowest BCUT2D eigenvalue weighted by molar-refractivity contribution is -0.137. The van der Waals surface area contributed by atoms with E-state index in [2.05, 4.69) is 10.3 Å². The van der Waals surface area contributed by atoms with Gasteiger partial charge in [0.1, 0.15) is 6.04 Å². The maximum atomic E-state index is 12.7. The van der Waals surface area contributed by atoms with Crippen LogP contribution < -0.4 is 10.1 Å². The Balaban J connectivity index is 2.28. The number of hydrogen-bond acceptors (Lipinski definition) is 3. The summed E-state index contributed by atoms with van der Waals surface area (Å²) >= 11 is 7.27. The van der Waals surface area contributed by atoms with Crippen molar-refractivity contribution in [2.45, 2.75) is 26.1 Å². The van der Waals surface area contributed by atoms with Crippen LogP contribution >= 0.6 is 22.9 Å². The van der Waals surface area contributed by atoms with Crippen molar-refractivity contribution in [2.75, 3.05) is 5.32 Å². The smallest absolute Gasteiger partial charge is 0.372 e. The van der Waals surface area contributed by atoms with Crippen molar-refractivity contribution in [3.63, 3.8) is 0 Å². The van der Waals surface area contributed by atoms with Crippen molar-refractivity contribution in [2.24, 2.45) is 18.0 Å². The monoisotopic (exact) mass is 391 g/mol. The van der Waals surface area contributed by atoms with Crippen LogP contribution in [-0.2, 0) is 18.0 Å². The van der Waals surface area contributed by atoms with Crippen molar-refractivity contribution >= 4 is 34.5 Å². The number of benzene rings is 1. The molecule has 1 N–H and O–H groups in total. The van der Waals surface area contributed by atoms with Crippen molar-refractivity contribution in [1.82, 2.24) is 4.57 Å². The Bertz CT molecular complexity index is 827. The number of nitrogens with one attached hydrogen (secondary N) is 1. The van der Waals surface area contributed by atoms with Gasteiger partial charge in [0.25, 0.3) is 5.91 Å². The zero-order chi connectivity index (χ0) is 18.8. The number of nitrogens with zero attached hydrogens (tertiary/aromatic N) is 2. The second-order valence-corrected chi connectivity index (χ2v) is 7.09. The first kappa shape index (κ1) is 19.5. The number of rotatable bonds is 4. The number of alkyl halides is 3. The van der Waals surface area contributed by atoms with Crippen molar-refractivity contribution in [3.8, 4) is 0 Å². The van der Waals surface area contributed by atoms with Crippen LogP contribution in [0.1, 0.15) is 19.4 Å². The third-order valence-electron chi connectivity index (χ3n) is 3.51. The Morgan fingerprint density at radius 2 is 2.04 bits per heavy atom. The molecule has 1 aromatic heterocycles. The van der Waals surface area contributed by atoms with Gasteiger partial charge in [-0.2, -0.15) is 18.2 Å². The molecule has 0 aliphatic carbocycles. The van der Waals surface area contributed by atoms with Gasteiger partial charge in [-0.1, -0.05) is 25.4 Å². The molecule has 0 aliphatic heterocycles. The standard InChI is InChI=1S/C16H17ClF3N3OS/c1-9(2)13(14(24)22-15-23(3)6-7-25-15)21-12-5-4-10(8-11(12)17)16(18,19)20/h4-9,13,21H,1-3H3. The van der Waals surface area contributed by atoms with Gasteiger partial charge < -0.3 is 9.88 Å². The maximum Gasteiger partial charge on any atom is 0.416 e. The molecular weight excluding hydrogens is 375 g/mol. The number of halogens is 4. The van der Waals surface area contributed by atoms with E-state index < -0.39 is 23.7 Å². The molecule has 136 valence electrons. The number of thiazole rings is 1. The normalized spacial score (nSPS) is 14.0. The third kappa shape index (κ3) is 4.85. The summed E-state index contributed by atoms with van der Waals surface area (Å²) in [5.41, 5.74) is -0.585. The highest BCUT2D eigenvalue weighted by atomic mass is 35.5. The summed E-state index contributed by atoms with van der Waals surface area (Å²) in [6, 6.07) is 2.27. The Hall–Kier alpha value is -1.80. The summed E-state index contributed by atoms with van der Waals surface area (Å²) in [5, 5.41) is 4.61. The van der Waals surface area contributed by atoms with Crippen LogP contribution in [-0.4, -0.2) is 16.5 Å². The van der Waals surface area contributed by atoms with Crippen LogP contribution in [0.2, 0.25) is 5.02 Å². The number of hydrogen-bond donors (Lipinski definition) is 1. The molecule has 1 unspecified atom stereocenters. The summed E-state index contributed by atoms with van der Waals surface area (Å²) in [4.78, 5) is 17.1. The van der Waals surface area contributed by atoms with Gasteiger partial charge in [0.2, 0.25) is 0 Å². The van der Waals surface area contributed by atoms with Gasteiger partial charge in [0, 0.05) is 18.6 Å². The topological polar surface area (TPSA) is 46.4 Å². The molecule has 1 atom stereocenters. The highest BCUT2D eigenvalue weighted by molar-refractivity contribution is 7.07. The molecule has 2 aromatic rings. The molecular formula is C16H17ClF3N3OS. The zero-order valence-electron chi connectivity index (χ0n) is 13.8. The molecule has 0 saturated heterocycles. The predicted octanol–water partition coefficient (Wildman–Crippen LogP) is 4.32. The molecule has 0 saturated carbocycles. The minimum absolute atomic E-state index is 0.102. The van der Waals surface area contributed by atoms with Gasteiger partial charge in [-0.25, -0.2) is 0 Å². The van der Waals surface area contributed by atoms with E-state index in [1.165, 1.54) is 17.4 Å². The molecule has 1 heterocycles. The van der Waals surface area contributed by atoms with Crippen molar-refractivity contribution in [1.29, 1.82) is 0 Å². The molecule has 9 heteroatoms. The first-order valence-corrected chi connectivity index (χ1v) is 8.67. The summed E-state index contributed by atoms with van der Waals surface area (Å²) in [6.07, 6.45) is -2.69. The fourth-order valence-electron chi connectivity index (χ4n) is 2.09. The number of aryl methyl sites for hydroxylation is 1. The molecule has 0 bridgehead atoms. The average Bonchev–Trinajstić information content (AvgIpc) is 2.89. The molecule has 1 amide bonds. The Labute approximate surface area is 152 Å². The summed E-state index contributed by atoms with van der Waals surface area (Å²) < 4.78 is 39.9. The fraction of sp³-hybridized carbons (Fsp3) is 0.375. The van der Waals surface area contributed by atoms with E-state index in [0.29, 0.717) is 4.80 Å². The summed E-state index contributed by atoms with van der Waals surface area (Å²) in [7, 11) is 1.77. The third-order valence-corrected chi connectivity index (χ3v) is 4.67. The Kier molecular flexibility index (Phi) is 5.95. The van der Waals surface area contributed by atoms with E-state index in [9.17, 15) is 18.0 Å². The number of anilines is 1. The lowest BCUT2D eigenvalue weighted by atomic mass is 10.0. The second kappa shape index (κ2) is 7.61. The minimum Gasteiger partial charge on any atom is -0.372 e. The Morgan fingerprint density at radius 3 is 2.52 bits per heavy atom. The van der Waals surface area contributed by atoms with E-state index in [1.807, 2.05) is 13.8 Å². The fourth-order valence-corrected chi connectivity index (χ4v) is 3.06. The van der Waals surface area contributed by atoms with Crippen LogP contribution in [0.5, 0.6) is 0 Å². The van der Waals surface area contributed by atoms with Gasteiger partial charge in [-0.05, 0) is 24.1 Å². The SMILES string of the molecule is CC(C)C(Nc1ccc(C(F)(F)F)cc1Cl)C(=O)N=c1sccn1C. The van der Waals surface area contributed by atoms with Crippen LogP contribution in [0.4, 0.5) is 18.9 Å². The average molecular weight is 392 g/mol. The van der Waals surface area contributed by atoms with E-state index in [4.69, 9.17) is 11.6 Å². The maximum absolute atomic E-state index is 12.7. The van der Waals surface area contributed by atoms with Crippen LogP contribution in [0.3, 0.4) is 0 Å². The first-order valence-electron chi connectivity index (χ1n) is 7.41. The Morgan fingerprint density at radius 1 is 1.36 bits per heavy atom. The molecule has 0 aliphatic rings. The van der Waals surface area contributed by atoms with Crippen LogP contribution in [0, 0.1) is 5.92 Å². The summed E-state index contributed by atoms with van der Waals surface area (Å²) in [6.45, 7) is 3.63.